The Hall–Kier alpha value is -1.82. The molecular weight excluding hydrogens is 224 g/mol. The summed E-state index contributed by atoms with van der Waals surface area (Å²) in [4.78, 5) is 23.3. The van der Waals surface area contributed by atoms with Crippen LogP contribution in [0.4, 0.5) is 0 Å². The van der Waals surface area contributed by atoms with E-state index in [1.807, 2.05) is 11.8 Å². The molecule has 0 saturated carbocycles. The second kappa shape index (κ2) is 5.49. The third-order valence-corrected chi connectivity index (χ3v) is 2.45. The highest BCUT2D eigenvalue weighted by molar-refractivity contribution is 5.84. The van der Waals surface area contributed by atoms with E-state index in [4.69, 9.17) is 15.3 Å². The molecule has 1 rings (SSSR count). The molecule has 0 fully saturated rings. The Morgan fingerprint density at radius 2 is 2.18 bits per heavy atom. The van der Waals surface area contributed by atoms with Gasteiger partial charge in [0.1, 0.15) is 5.76 Å². The van der Waals surface area contributed by atoms with Gasteiger partial charge in [0, 0.05) is 12.1 Å². The molecule has 0 aliphatic carbocycles. The van der Waals surface area contributed by atoms with Gasteiger partial charge in [-0.05, 0) is 19.5 Å². The zero-order valence-electron chi connectivity index (χ0n) is 9.90. The van der Waals surface area contributed by atoms with Gasteiger partial charge >= 0.3 is 5.97 Å². The van der Waals surface area contributed by atoms with Crippen LogP contribution in [0.15, 0.2) is 10.5 Å². The number of carboxylic acid groups (broad SMARTS) is 1. The zero-order chi connectivity index (χ0) is 13.0. The molecule has 0 saturated heterocycles. The molecule has 0 spiro atoms. The van der Waals surface area contributed by atoms with Gasteiger partial charge in [-0.1, -0.05) is 6.92 Å². The van der Waals surface area contributed by atoms with Crippen LogP contribution in [0.25, 0.3) is 0 Å². The summed E-state index contributed by atoms with van der Waals surface area (Å²) < 4.78 is 5.08. The summed E-state index contributed by atoms with van der Waals surface area (Å²) in [6, 6.07) is 1.47. The highest BCUT2D eigenvalue weighted by Crippen LogP contribution is 2.16. The minimum atomic E-state index is -1.10. The minimum Gasteiger partial charge on any atom is -0.475 e. The van der Waals surface area contributed by atoms with Crippen LogP contribution in [-0.2, 0) is 11.3 Å². The molecule has 0 bridgehead atoms. The van der Waals surface area contributed by atoms with Gasteiger partial charge in [0.05, 0.1) is 6.54 Å². The standard InChI is InChI=1S/C11H16N2O4/c1-3-13(6-10(12)14)5-8-4-9(11(15)16)17-7(8)2/h4H,3,5-6H2,1-2H3,(H2,12,14)(H,15,16). The number of likely N-dealkylation sites (N-methyl/N-ethyl adjacent to an activating group) is 1. The van der Waals surface area contributed by atoms with E-state index in [0.29, 0.717) is 18.8 Å². The Kier molecular flexibility index (Phi) is 4.28. The first-order chi connectivity index (χ1) is 7.93. The van der Waals surface area contributed by atoms with Gasteiger partial charge in [-0.3, -0.25) is 9.69 Å². The van der Waals surface area contributed by atoms with E-state index in [0.717, 1.165) is 5.56 Å². The SMILES string of the molecule is CCN(CC(N)=O)Cc1cc(C(=O)O)oc1C. The molecule has 3 N–H and O–H groups in total. The number of nitrogens with two attached hydrogens (primary N) is 1. The Balaban J connectivity index is 2.79. The highest BCUT2D eigenvalue weighted by Gasteiger charge is 2.15. The number of nitrogens with zero attached hydrogens (tertiary/aromatic N) is 1. The number of aryl methyl sites for hydroxylation is 1. The van der Waals surface area contributed by atoms with Gasteiger partial charge in [0.2, 0.25) is 11.7 Å². The van der Waals surface area contributed by atoms with Crippen molar-refractivity contribution in [1.29, 1.82) is 0 Å². The fraction of sp³-hybridized carbons (Fsp3) is 0.455. The van der Waals surface area contributed by atoms with E-state index in [-0.39, 0.29) is 12.3 Å². The molecular formula is C11H16N2O4. The number of hydrogen-bond donors (Lipinski definition) is 2. The molecule has 0 atom stereocenters. The molecule has 1 amide bonds. The molecule has 1 heterocycles. The van der Waals surface area contributed by atoms with Crippen LogP contribution in [0.1, 0.15) is 28.8 Å². The van der Waals surface area contributed by atoms with Gasteiger partial charge in [-0.2, -0.15) is 0 Å². The van der Waals surface area contributed by atoms with Crippen molar-refractivity contribution >= 4 is 11.9 Å². The van der Waals surface area contributed by atoms with Crippen molar-refractivity contribution in [2.75, 3.05) is 13.1 Å². The average Bonchev–Trinajstić information content (AvgIpc) is 2.59. The fourth-order valence-electron chi connectivity index (χ4n) is 1.52. The molecule has 0 radical (unpaired) electrons. The van der Waals surface area contributed by atoms with E-state index in [2.05, 4.69) is 0 Å². The van der Waals surface area contributed by atoms with Gasteiger partial charge in [-0.25, -0.2) is 4.79 Å². The van der Waals surface area contributed by atoms with Gasteiger partial charge in [-0.15, -0.1) is 0 Å². The van der Waals surface area contributed by atoms with Crippen LogP contribution in [0.5, 0.6) is 0 Å². The summed E-state index contributed by atoms with van der Waals surface area (Å²) in [6.07, 6.45) is 0. The first kappa shape index (κ1) is 13.2. The van der Waals surface area contributed by atoms with Gasteiger partial charge in [0.25, 0.3) is 0 Å². The summed E-state index contributed by atoms with van der Waals surface area (Å²) in [5, 5.41) is 8.78. The van der Waals surface area contributed by atoms with E-state index in [1.54, 1.807) is 6.92 Å². The Bertz CT molecular complexity index is 425. The number of amides is 1. The number of carbonyl (C=O) groups is 2. The van der Waals surface area contributed by atoms with E-state index < -0.39 is 11.9 Å². The number of rotatable bonds is 6. The molecule has 0 unspecified atom stereocenters. The zero-order valence-corrected chi connectivity index (χ0v) is 9.90. The van der Waals surface area contributed by atoms with Crippen LogP contribution >= 0.6 is 0 Å². The lowest BCUT2D eigenvalue weighted by molar-refractivity contribution is -0.119. The third kappa shape index (κ3) is 3.60. The average molecular weight is 240 g/mol. The molecule has 1 aromatic heterocycles. The Labute approximate surface area is 99.0 Å². The predicted octanol–water partition coefficient (Wildman–Crippen LogP) is 0.593. The maximum Gasteiger partial charge on any atom is 0.371 e. The predicted molar refractivity (Wildman–Crippen MR) is 60.5 cm³/mol. The lowest BCUT2D eigenvalue weighted by Gasteiger charge is -2.17. The quantitative estimate of drug-likeness (QED) is 0.758. The number of primary amides is 1. The smallest absolute Gasteiger partial charge is 0.371 e. The maximum absolute atomic E-state index is 10.8. The molecule has 0 aliphatic heterocycles. The van der Waals surface area contributed by atoms with Crippen molar-refractivity contribution in [3.63, 3.8) is 0 Å². The molecule has 6 heteroatoms. The topological polar surface area (TPSA) is 96.8 Å². The molecule has 17 heavy (non-hydrogen) atoms. The van der Waals surface area contributed by atoms with Crippen molar-refractivity contribution in [3.8, 4) is 0 Å². The van der Waals surface area contributed by atoms with Gasteiger partial charge in [0.15, 0.2) is 0 Å². The lowest BCUT2D eigenvalue weighted by atomic mass is 10.2. The van der Waals surface area contributed by atoms with Crippen molar-refractivity contribution in [2.45, 2.75) is 20.4 Å². The number of furan rings is 1. The van der Waals surface area contributed by atoms with E-state index >= 15 is 0 Å². The first-order valence-electron chi connectivity index (χ1n) is 5.27. The van der Waals surface area contributed by atoms with Crippen molar-refractivity contribution in [3.05, 3.63) is 23.2 Å². The summed E-state index contributed by atoms with van der Waals surface area (Å²) >= 11 is 0. The second-order valence-corrected chi connectivity index (χ2v) is 3.77. The first-order valence-corrected chi connectivity index (χ1v) is 5.27. The lowest BCUT2D eigenvalue weighted by Crippen LogP contribution is -2.33. The number of hydrogen-bond acceptors (Lipinski definition) is 4. The summed E-state index contributed by atoms with van der Waals surface area (Å²) in [5.41, 5.74) is 5.87. The van der Waals surface area contributed by atoms with E-state index in [9.17, 15) is 9.59 Å². The fourth-order valence-corrected chi connectivity index (χ4v) is 1.52. The monoisotopic (exact) mass is 240 g/mol. The van der Waals surface area contributed by atoms with Crippen LogP contribution in [0.2, 0.25) is 0 Å². The Morgan fingerprint density at radius 1 is 1.53 bits per heavy atom. The van der Waals surface area contributed by atoms with Crippen LogP contribution in [0, 0.1) is 6.92 Å². The van der Waals surface area contributed by atoms with Crippen molar-refractivity contribution in [1.82, 2.24) is 4.90 Å². The molecule has 0 aliphatic rings. The van der Waals surface area contributed by atoms with Crippen LogP contribution in [0.3, 0.4) is 0 Å². The minimum absolute atomic E-state index is 0.0902. The second-order valence-electron chi connectivity index (χ2n) is 3.77. The molecule has 6 nitrogen and oxygen atoms in total. The van der Waals surface area contributed by atoms with Crippen molar-refractivity contribution < 1.29 is 19.1 Å². The number of carboxylic acids is 1. The highest BCUT2D eigenvalue weighted by atomic mass is 16.4. The van der Waals surface area contributed by atoms with Crippen LogP contribution < -0.4 is 5.73 Å². The summed E-state index contributed by atoms with van der Waals surface area (Å²) in [7, 11) is 0. The number of aromatic carboxylic acids is 1. The molecule has 0 aromatic carbocycles. The Morgan fingerprint density at radius 3 is 2.59 bits per heavy atom. The maximum atomic E-state index is 10.8. The number of carbonyl (C=O) groups excluding carboxylic acids is 1. The summed E-state index contributed by atoms with van der Waals surface area (Å²) in [6.45, 7) is 4.83. The largest absolute Gasteiger partial charge is 0.475 e. The van der Waals surface area contributed by atoms with E-state index in [1.165, 1.54) is 6.07 Å². The normalized spacial score (nSPS) is 10.8. The van der Waals surface area contributed by atoms with Crippen LogP contribution in [-0.4, -0.2) is 35.0 Å². The molecule has 94 valence electrons. The van der Waals surface area contributed by atoms with Gasteiger partial charge < -0.3 is 15.3 Å². The van der Waals surface area contributed by atoms with Crippen molar-refractivity contribution in [2.24, 2.45) is 5.73 Å². The molecule has 1 aromatic rings. The third-order valence-electron chi connectivity index (χ3n) is 2.45. The summed E-state index contributed by atoms with van der Waals surface area (Å²) in [5.74, 6) is -1.05.